The first-order chi connectivity index (χ1) is 26.6. The summed E-state index contributed by atoms with van der Waals surface area (Å²) in [6.45, 7) is 4.29. The molecule has 54 heavy (non-hydrogen) atoms. The van der Waals surface area contributed by atoms with Gasteiger partial charge in [-0.05, 0) is 80.1 Å². The van der Waals surface area contributed by atoms with E-state index in [0.29, 0.717) is 5.56 Å². The van der Waals surface area contributed by atoms with Gasteiger partial charge in [-0.2, -0.15) is 5.26 Å². The van der Waals surface area contributed by atoms with Crippen molar-refractivity contribution in [3.63, 3.8) is 0 Å². The maximum Gasteiger partial charge on any atom is 0.0998 e. The molecule has 0 fully saturated rings. The number of benzene rings is 7. The molecule has 0 aliphatic heterocycles. The van der Waals surface area contributed by atoms with Crippen LogP contribution in [-0.2, 0) is 0 Å². The van der Waals surface area contributed by atoms with E-state index in [1.165, 1.54) is 32.7 Å². The van der Waals surface area contributed by atoms with E-state index in [1.807, 2.05) is 36.4 Å². The van der Waals surface area contributed by atoms with Crippen LogP contribution in [0.3, 0.4) is 0 Å². The SMILES string of the molecule is Cc1ccc2c(c1)c1ccccc1n2-c1cc(C#N)c(-c2cc(-c3ccccc3)nc(-c3ccccc3)c2)cc1-n1c2ccccc2c2cc(C)ccc21. The molecule has 0 N–H and O–H groups in total. The normalized spacial score (nSPS) is 11.5. The van der Waals surface area contributed by atoms with E-state index >= 15 is 0 Å². The number of pyridine rings is 1. The summed E-state index contributed by atoms with van der Waals surface area (Å²) >= 11 is 0. The van der Waals surface area contributed by atoms with E-state index in [2.05, 4.69) is 163 Å². The molecule has 0 atom stereocenters. The van der Waals surface area contributed by atoms with Crippen LogP contribution in [0, 0.1) is 25.2 Å². The van der Waals surface area contributed by atoms with Crippen molar-refractivity contribution >= 4 is 43.6 Å². The molecule has 0 aliphatic carbocycles. The molecule has 10 rings (SSSR count). The van der Waals surface area contributed by atoms with Crippen molar-refractivity contribution in [2.45, 2.75) is 13.8 Å². The number of rotatable bonds is 5. The Morgan fingerprint density at radius 2 is 0.870 bits per heavy atom. The number of para-hydroxylation sites is 2. The van der Waals surface area contributed by atoms with Gasteiger partial charge >= 0.3 is 0 Å². The summed E-state index contributed by atoms with van der Waals surface area (Å²) in [5, 5.41) is 15.8. The molecule has 7 aromatic carbocycles. The van der Waals surface area contributed by atoms with E-state index in [0.717, 1.165) is 67.1 Å². The number of hydrogen-bond acceptors (Lipinski definition) is 2. The Hall–Kier alpha value is -7.22. The van der Waals surface area contributed by atoms with Crippen molar-refractivity contribution in [3.05, 3.63) is 187 Å². The van der Waals surface area contributed by atoms with Gasteiger partial charge in [-0.1, -0.05) is 120 Å². The topological polar surface area (TPSA) is 46.5 Å². The summed E-state index contributed by atoms with van der Waals surface area (Å²) in [5.41, 5.74) is 14.9. The first kappa shape index (κ1) is 31.5. The standard InChI is InChI=1S/C50H34N4/c1-32-21-23-47-41(25-32)38-17-9-11-19-45(38)53(47)49-29-37(31-51)40(30-50(49)54-46-20-12-10-18-39(46)42-26-33(2)22-24-48(42)54)36-27-43(34-13-5-3-6-14-34)52-44(28-36)35-15-7-4-8-16-35/h3-30H,1-2H3. The predicted molar refractivity (Wildman–Crippen MR) is 223 cm³/mol. The monoisotopic (exact) mass is 690 g/mol. The van der Waals surface area contributed by atoms with E-state index in [1.54, 1.807) is 0 Å². The Morgan fingerprint density at radius 1 is 0.426 bits per heavy atom. The lowest BCUT2D eigenvalue weighted by Gasteiger charge is -2.20. The zero-order chi connectivity index (χ0) is 36.3. The van der Waals surface area contributed by atoms with E-state index in [-0.39, 0.29) is 0 Å². The molecule has 3 heterocycles. The fourth-order valence-corrected chi connectivity index (χ4v) is 8.16. The lowest BCUT2D eigenvalue weighted by molar-refractivity contribution is 1.09. The van der Waals surface area contributed by atoms with Crippen molar-refractivity contribution in [1.82, 2.24) is 14.1 Å². The molecule has 10 aromatic rings. The molecule has 0 bridgehead atoms. The highest BCUT2D eigenvalue weighted by atomic mass is 15.1. The largest absolute Gasteiger partial charge is 0.307 e. The van der Waals surface area contributed by atoms with Crippen LogP contribution >= 0.6 is 0 Å². The van der Waals surface area contributed by atoms with Crippen LogP contribution in [-0.4, -0.2) is 14.1 Å². The highest BCUT2D eigenvalue weighted by molar-refractivity contribution is 6.12. The Bertz CT molecular complexity index is 3070. The highest BCUT2D eigenvalue weighted by Gasteiger charge is 2.23. The summed E-state index contributed by atoms with van der Waals surface area (Å²) in [4.78, 5) is 5.16. The molecule has 0 radical (unpaired) electrons. The first-order valence-electron chi connectivity index (χ1n) is 18.3. The molecular formula is C50H34N4. The van der Waals surface area contributed by atoms with Crippen molar-refractivity contribution in [2.75, 3.05) is 0 Å². The average Bonchev–Trinajstić information content (AvgIpc) is 3.72. The highest BCUT2D eigenvalue weighted by Crippen LogP contribution is 2.42. The van der Waals surface area contributed by atoms with Crippen LogP contribution in [0.15, 0.2) is 170 Å². The van der Waals surface area contributed by atoms with Gasteiger partial charge in [0.05, 0.1) is 56.5 Å². The van der Waals surface area contributed by atoms with Crippen LogP contribution in [0.25, 0.3) is 88.6 Å². The van der Waals surface area contributed by atoms with Gasteiger partial charge < -0.3 is 9.13 Å². The summed E-state index contributed by atoms with van der Waals surface area (Å²) in [5.74, 6) is 0. The summed E-state index contributed by atoms with van der Waals surface area (Å²) < 4.78 is 4.73. The third-order valence-corrected chi connectivity index (χ3v) is 10.6. The second-order valence-corrected chi connectivity index (χ2v) is 14.1. The van der Waals surface area contributed by atoms with Crippen LogP contribution in [0.5, 0.6) is 0 Å². The lowest BCUT2D eigenvalue weighted by Crippen LogP contribution is -2.05. The van der Waals surface area contributed by atoms with Gasteiger partial charge in [0.2, 0.25) is 0 Å². The van der Waals surface area contributed by atoms with E-state index in [9.17, 15) is 5.26 Å². The Labute approximate surface area is 313 Å². The molecule has 254 valence electrons. The van der Waals surface area contributed by atoms with Crippen molar-refractivity contribution in [3.8, 4) is 51.1 Å². The van der Waals surface area contributed by atoms with Gasteiger partial charge in [0.1, 0.15) is 0 Å². The van der Waals surface area contributed by atoms with Crippen molar-refractivity contribution < 1.29 is 0 Å². The molecule has 4 nitrogen and oxygen atoms in total. The third-order valence-electron chi connectivity index (χ3n) is 10.6. The minimum absolute atomic E-state index is 0.590. The first-order valence-corrected chi connectivity index (χ1v) is 18.3. The number of fused-ring (bicyclic) bond motifs is 6. The third kappa shape index (κ3) is 5.02. The zero-order valence-electron chi connectivity index (χ0n) is 30.0. The summed E-state index contributed by atoms with van der Waals surface area (Å²) in [7, 11) is 0. The molecule has 4 heteroatoms. The summed E-state index contributed by atoms with van der Waals surface area (Å²) in [6, 6.07) is 62.3. The molecule has 0 spiro atoms. The fraction of sp³-hybridized carbons (Fsp3) is 0.0400. The van der Waals surface area contributed by atoms with Gasteiger partial charge in [-0.3, -0.25) is 0 Å². The number of hydrogen-bond donors (Lipinski definition) is 0. The zero-order valence-corrected chi connectivity index (χ0v) is 30.0. The number of nitrogens with zero attached hydrogens (tertiary/aromatic N) is 4. The van der Waals surface area contributed by atoms with Crippen molar-refractivity contribution in [1.29, 1.82) is 5.26 Å². The van der Waals surface area contributed by atoms with Crippen LogP contribution < -0.4 is 0 Å². The molecule has 3 aromatic heterocycles. The number of aryl methyl sites for hydroxylation is 2. The maximum absolute atomic E-state index is 11.1. The van der Waals surface area contributed by atoms with Gasteiger partial charge in [0, 0.05) is 38.2 Å². The molecular weight excluding hydrogens is 657 g/mol. The number of aromatic nitrogens is 3. The van der Waals surface area contributed by atoms with Crippen LogP contribution in [0.1, 0.15) is 16.7 Å². The average molecular weight is 691 g/mol. The van der Waals surface area contributed by atoms with Gasteiger partial charge in [-0.25, -0.2) is 4.98 Å². The summed E-state index contributed by atoms with van der Waals surface area (Å²) in [6.07, 6.45) is 0. The Kier molecular flexibility index (Phi) is 7.28. The minimum Gasteiger partial charge on any atom is -0.307 e. The fourth-order valence-electron chi connectivity index (χ4n) is 8.16. The second kappa shape index (κ2) is 12.5. The van der Waals surface area contributed by atoms with Crippen molar-refractivity contribution in [2.24, 2.45) is 0 Å². The molecule has 0 unspecified atom stereocenters. The van der Waals surface area contributed by atoms with Crippen LogP contribution in [0.2, 0.25) is 0 Å². The predicted octanol–water partition coefficient (Wildman–Crippen LogP) is 12.8. The van der Waals surface area contributed by atoms with E-state index < -0.39 is 0 Å². The lowest BCUT2D eigenvalue weighted by atomic mass is 9.95. The minimum atomic E-state index is 0.590. The Balaban J connectivity index is 1.35. The van der Waals surface area contributed by atoms with Crippen LogP contribution in [0.4, 0.5) is 0 Å². The quantitative estimate of drug-likeness (QED) is 0.180. The number of nitriles is 1. The molecule has 0 amide bonds. The molecule has 0 saturated carbocycles. The Morgan fingerprint density at radius 3 is 1.37 bits per heavy atom. The van der Waals surface area contributed by atoms with E-state index in [4.69, 9.17) is 4.98 Å². The van der Waals surface area contributed by atoms with Gasteiger partial charge in [0.15, 0.2) is 0 Å². The molecule has 0 aliphatic rings. The maximum atomic E-state index is 11.1. The molecule has 0 saturated heterocycles. The van der Waals surface area contributed by atoms with Gasteiger partial charge in [0.25, 0.3) is 0 Å². The van der Waals surface area contributed by atoms with Gasteiger partial charge in [-0.15, -0.1) is 0 Å². The smallest absolute Gasteiger partial charge is 0.0998 e. The second-order valence-electron chi connectivity index (χ2n) is 14.1.